The van der Waals surface area contributed by atoms with Crippen LogP contribution in [0.5, 0.6) is 0 Å². The number of fused-ring (bicyclic) bond motifs is 3. The van der Waals surface area contributed by atoms with Crippen LogP contribution in [0.2, 0.25) is 5.02 Å². The molecule has 0 bridgehead atoms. The molecule has 2 unspecified atom stereocenters. The van der Waals surface area contributed by atoms with Crippen molar-refractivity contribution in [2.75, 3.05) is 11.9 Å². The molecule has 0 aromatic heterocycles. The van der Waals surface area contributed by atoms with Gasteiger partial charge in [0.1, 0.15) is 11.6 Å². The third kappa shape index (κ3) is 4.08. The second-order valence-electron chi connectivity index (χ2n) is 7.86. The van der Waals surface area contributed by atoms with Gasteiger partial charge in [-0.25, -0.2) is 23.6 Å². The highest BCUT2D eigenvalue weighted by atomic mass is 35.5. The van der Waals surface area contributed by atoms with Gasteiger partial charge in [-0.3, -0.25) is 4.99 Å². The number of hydrogen-bond acceptors (Lipinski definition) is 5. The Bertz CT molecular complexity index is 1370. The van der Waals surface area contributed by atoms with Crippen LogP contribution in [0.3, 0.4) is 0 Å². The largest absolute Gasteiger partial charge is 0.478 e. The summed E-state index contributed by atoms with van der Waals surface area (Å²) in [5.74, 6) is -2.34. The first-order chi connectivity index (χ1) is 16.4. The molecular formula is C25H17ClF2N4O2. The van der Waals surface area contributed by atoms with Crippen LogP contribution in [0.4, 0.5) is 14.5 Å². The molecule has 0 amide bonds. The number of guanidine groups is 1. The quantitative estimate of drug-likeness (QED) is 0.530. The fourth-order valence-corrected chi connectivity index (χ4v) is 4.23. The van der Waals surface area contributed by atoms with Crippen LogP contribution in [0.15, 0.2) is 75.6 Å². The number of aliphatic imine (C=N–C) groups is 3. The minimum absolute atomic E-state index is 0.166. The summed E-state index contributed by atoms with van der Waals surface area (Å²) in [4.78, 5) is 24.8. The molecule has 9 heteroatoms. The van der Waals surface area contributed by atoms with Gasteiger partial charge in [0.15, 0.2) is 0 Å². The summed E-state index contributed by atoms with van der Waals surface area (Å²) in [5.41, 5.74) is 1.99. The highest BCUT2D eigenvalue weighted by molar-refractivity contribution is 6.31. The van der Waals surface area contributed by atoms with E-state index < -0.39 is 23.6 Å². The number of hydrogen-bond donors (Lipinski definition) is 2. The lowest BCUT2D eigenvalue weighted by atomic mass is 9.89. The molecule has 6 nitrogen and oxygen atoms in total. The molecule has 2 aliphatic heterocycles. The molecule has 0 radical (unpaired) electrons. The van der Waals surface area contributed by atoms with Crippen LogP contribution >= 0.6 is 11.6 Å². The summed E-state index contributed by atoms with van der Waals surface area (Å²) in [5, 5.41) is 12.6. The standard InChI is InChI=1S/C25H17ClF2N4O2/c26-15-6-9-17-18(10-15)23(21-19(27)2-1-3-20(21)28)29-11-14-12-30-25(32-22(14)17)31-16-7-4-13(5-8-16)24(33)34/h1-10,12,14,22H,11H2,(H,31,32)(H,33,34). The first-order valence-electron chi connectivity index (χ1n) is 10.4. The summed E-state index contributed by atoms with van der Waals surface area (Å²) in [6.07, 6.45) is 1.72. The average molecular weight is 479 g/mol. The molecule has 0 saturated carbocycles. The van der Waals surface area contributed by atoms with Gasteiger partial charge in [0.25, 0.3) is 0 Å². The maximum absolute atomic E-state index is 14.7. The Morgan fingerprint density at radius 2 is 1.79 bits per heavy atom. The lowest BCUT2D eigenvalue weighted by Gasteiger charge is -2.24. The van der Waals surface area contributed by atoms with Gasteiger partial charge in [-0.2, -0.15) is 0 Å². The molecule has 2 aliphatic rings. The molecule has 0 fully saturated rings. The molecule has 0 spiro atoms. The van der Waals surface area contributed by atoms with E-state index in [-0.39, 0.29) is 29.3 Å². The van der Waals surface area contributed by atoms with Crippen LogP contribution in [0, 0.1) is 17.6 Å². The first kappa shape index (κ1) is 21.9. The van der Waals surface area contributed by atoms with Gasteiger partial charge < -0.3 is 10.4 Å². The summed E-state index contributed by atoms with van der Waals surface area (Å²) in [6, 6.07) is 14.6. The molecule has 0 saturated heterocycles. The van der Waals surface area contributed by atoms with Crippen LogP contribution in [-0.2, 0) is 0 Å². The fourth-order valence-electron chi connectivity index (χ4n) is 4.06. The number of carboxylic acids is 1. The van der Waals surface area contributed by atoms with E-state index in [1.807, 2.05) is 0 Å². The number of carbonyl (C=O) groups is 1. The Balaban J connectivity index is 1.54. The van der Waals surface area contributed by atoms with Gasteiger partial charge in [-0.15, -0.1) is 0 Å². The monoisotopic (exact) mass is 478 g/mol. The lowest BCUT2D eigenvalue weighted by Crippen LogP contribution is -2.24. The maximum Gasteiger partial charge on any atom is 0.335 e. The lowest BCUT2D eigenvalue weighted by molar-refractivity contribution is 0.0697. The van der Waals surface area contributed by atoms with E-state index in [1.165, 1.54) is 30.3 Å². The Morgan fingerprint density at radius 3 is 2.50 bits per heavy atom. The summed E-state index contributed by atoms with van der Waals surface area (Å²) >= 11 is 6.25. The molecule has 2 atom stereocenters. The van der Waals surface area contributed by atoms with Gasteiger partial charge in [0, 0.05) is 35.0 Å². The van der Waals surface area contributed by atoms with Gasteiger partial charge in [-0.1, -0.05) is 23.7 Å². The van der Waals surface area contributed by atoms with Crippen LogP contribution in [-0.4, -0.2) is 35.5 Å². The van der Waals surface area contributed by atoms with Gasteiger partial charge in [0.2, 0.25) is 5.96 Å². The summed E-state index contributed by atoms with van der Waals surface area (Å²) in [7, 11) is 0. The zero-order valence-electron chi connectivity index (χ0n) is 17.5. The summed E-state index contributed by atoms with van der Waals surface area (Å²) < 4.78 is 29.3. The second kappa shape index (κ2) is 8.79. The molecule has 2 N–H and O–H groups in total. The number of halogens is 3. The predicted molar refractivity (Wildman–Crippen MR) is 127 cm³/mol. The van der Waals surface area contributed by atoms with Gasteiger partial charge in [0.05, 0.1) is 22.9 Å². The number of rotatable bonds is 3. The topological polar surface area (TPSA) is 86.4 Å². The minimum atomic E-state index is -1.02. The van der Waals surface area contributed by atoms with Crippen molar-refractivity contribution in [2.24, 2.45) is 20.9 Å². The number of nitrogens with zero attached hydrogens (tertiary/aromatic N) is 3. The van der Waals surface area contributed by atoms with Crippen molar-refractivity contribution in [3.8, 4) is 0 Å². The normalized spacial score (nSPS) is 18.8. The maximum atomic E-state index is 14.7. The first-order valence-corrected chi connectivity index (χ1v) is 10.8. The average Bonchev–Trinajstić information content (AvgIpc) is 2.96. The van der Waals surface area contributed by atoms with E-state index in [4.69, 9.17) is 21.7 Å². The molecule has 2 heterocycles. The third-order valence-corrected chi connectivity index (χ3v) is 5.93. The van der Waals surface area contributed by atoms with Crippen molar-refractivity contribution in [2.45, 2.75) is 6.04 Å². The second-order valence-corrected chi connectivity index (χ2v) is 8.30. The highest BCUT2D eigenvalue weighted by Gasteiger charge is 2.32. The highest BCUT2D eigenvalue weighted by Crippen LogP contribution is 2.37. The molecule has 34 heavy (non-hydrogen) atoms. The molecular weight excluding hydrogens is 462 g/mol. The van der Waals surface area contributed by atoms with Crippen molar-refractivity contribution in [3.63, 3.8) is 0 Å². The molecule has 3 aromatic rings. The van der Waals surface area contributed by atoms with Crippen molar-refractivity contribution < 1.29 is 18.7 Å². The molecule has 5 rings (SSSR count). The number of carboxylic acid groups (broad SMARTS) is 1. The zero-order valence-corrected chi connectivity index (χ0v) is 18.3. The van der Waals surface area contributed by atoms with Crippen molar-refractivity contribution in [3.05, 3.63) is 99.6 Å². The molecule has 0 aliphatic carbocycles. The van der Waals surface area contributed by atoms with Crippen LogP contribution in [0.1, 0.15) is 33.1 Å². The SMILES string of the molecule is O=C(O)c1ccc(NC2=NC3c4ccc(Cl)cc4C(c4c(F)cccc4F)=NCC3C=N2)cc1. The van der Waals surface area contributed by atoms with Crippen LogP contribution in [0.25, 0.3) is 0 Å². The smallest absolute Gasteiger partial charge is 0.335 e. The van der Waals surface area contributed by atoms with E-state index in [2.05, 4.69) is 15.3 Å². The predicted octanol–water partition coefficient (Wildman–Crippen LogP) is 5.38. The zero-order chi connectivity index (χ0) is 23.8. The van der Waals surface area contributed by atoms with E-state index in [0.717, 1.165) is 5.56 Å². The summed E-state index contributed by atoms with van der Waals surface area (Å²) in [6.45, 7) is 0.230. The van der Waals surface area contributed by atoms with E-state index in [0.29, 0.717) is 22.2 Å². The third-order valence-electron chi connectivity index (χ3n) is 5.69. The van der Waals surface area contributed by atoms with Crippen LogP contribution < -0.4 is 5.32 Å². The Kier molecular flexibility index (Phi) is 5.67. The Hall–Kier alpha value is -3.91. The van der Waals surface area contributed by atoms with Crippen molar-refractivity contribution >= 4 is 41.1 Å². The minimum Gasteiger partial charge on any atom is -0.478 e. The number of benzene rings is 3. The fraction of sp³-hybridized carbons (Fsp3) is 0.120. The molecule has 170 valence electrons. The number of aromatic carboxylic acids is 1. The van der Waals surface area contributed by atoms with Gasteiger partial charge >= 0.3 is 5.97 Å². The van der Waals surface area contributed by atoms with E-state index in [9.17, 15) is 13.6 Å². The van der Waals surface area contributed by atoms with Gasteiger partial charge in [-0.05, 0) is 54.1 Å². The number of anilines is 1. The van der Waals surface area contributed by atoms with E-state index in [1.54, 1.807) is 36.5 Å². The molecule has 3 aromatic carbocycles. The van der Waals surface area contributed by atoms with Crippen molar-refractivity contribution in [1.82, 2.24) is 0 Å². The number of nitrogens with one attached hydrogen (secondary N) is 1. The Morgan fingerprint density at radius 1 is 1.06 bits per heavy atom. The Labute approximate surface area is 198 Å². The van der Waals surface area contributed by atoms with E-state index >= 15 is 0 Å². The van der Waals surface area contributed by atoms with Crippen molar-refractivity contribution in [1.29, 1.82) is 0 Å².